The molecule has 23 heavy (non-hydrogen) atoms. The third-order valence-electron chi connectivity index (χ3n) is 3.57. The molecule has 3 aromatic rings. The van der Waals surface area contributed by atoms with Crippen molar-refractivity contribution in [3.63, 3.8) is 0 Å². The molecule has 4 nitrogen and oxygen atoms in total. The molecule has 120 valence electrons. The summed E-state index contributed by atoms with van der Waals surface area (Å²) in [5.41, 5.74) is 1.99. The van der Waals surface area contributed by atoms with Gasteiger partial charge in [0, 0.05) is 23.6 Å². The first-order valence-corrected chi connectivity index (χ1v) is 8.84. The highest BCUT2D eigenvalue weighted by atomic mass is 35.5. The SMILES string of the molecule is O=S(=O)(NCCc1c[nH]c2ccccc12)c1cccc(Cl)c1F. The number of hydrogen-bond donors (Lipinski definition) is 2. The van der Waals surface area contributed by atoms with Gasteiger partial charge in [0.15, 0.2) is 5.82 Å². The van der Waals surface area contributed by atoms with Crippen LogP contribution >= 0.6 is 11.6 Å². The van der Waals surface area contributed by atoms with Gasteiger partial charge in [-0.3, -0.25) is 0 Å². The van der Waals surface area contributed by atoms with E-state index in [9.17, 15) is 12.8 Å². The normalized spacial score (nSPS) is 11.9. The van der Waals surface area contributed by atoms with Crippen LogP contribution in [0.4, 0.5) is 4.39 Å². The summed E-state index contributed by atoms with van der Waals surface area (Å²) >= 11 is 5.63. The molecular formula is C16H14ClFN2O2S. The standard InChI is InChI=1S/C16H14ClFN2O2S/c17-13-5-3-7-15(16(13)18)23(21,22)20-9-8-11-10-19-14-6-2-1-4-12(11)14/h1-7,10,19-20H,8-9H2. The highest BCUT2D eigenvalue weighted by molar-refractivity contribution is 7.89. The molecule has 2 N–H and O–H groups in total. The summed E-state index contributed by atoms with van der Waals surface area (Å²) in [5.74, 6) is -0.936. The van der Waals surface area contributed by atoms with Crippen molar-refractivity contribution in [1.82, 2.24) is 9.71 Å². The molecule has 0 fully saturated rings. The Bertz CT molecular complexity index is 954. The number of hydrogen-bond acceptors (Lipinski definition) is 2. The van der Waals surface area contributed by atoms with E-state index in [0.717, 1.165) is 16.5 Å². The monoisotopic (exact) mass is 352 g/mol. The van der Waals surface area contributed by atoms with E-state index in [-0.39, 0.29) is 11.6 Å². The second-order valence-corrected chi connectivity index (χ2v) is 7.20. The Labute approximate surface area is 138 Å². The molecule has 0 aliphatic carbocycles. The molecule has 0 bridgehead atoms. The van der Waals surface area contributed by atoms with Crippen LogP contribution in [0, 0.1) is 5.82 Å². The van der Waals surface area contributed by atoms with Crippen LogP contribution in [0.15, 0.2) is 53.6 Å². The third-order valence-corrected chi connectivity index (χ3v) is 5.34. The maximum Gasteiger partial charge on any atom is 0.243 e. The van der Waals surface area contributed by atoms with Crippen molar-refractivity contribution < 1.29 is 12.8 Å². The topological polar surface area (TPSA) is 62.0 Å². The van der Waals surface area contributed by atoms with Gasteiger partial charge in [-0.2, -0.15) is 0 Å². The van der Waals surface area contributed by atoms with Gasteiger partial charge in [0.25, 0.3) is 0 Å². The average molecular weight is 353 g/mol. The van der Waals surface area contributed by atoms with E-state index in [2.05, 4.69) is 9.71 Å². The van der Waals surface area contributed by atoms with Gasteiger partial charge in [0.05, 0.1) is 5.02 Å². The van der Waals surface area contributed by atoms with Gasteiger partial charge in [0.2, 0.25) is 10.0 Å². The van der Waals surface area contributed by atoms with Crippen molar-refractivity contribution >= 4 is 32.5 Å². The van der Waals surface area contributed by atoms with Gasteiger partial charge in [-0.25, -0.2) is 17.5 Å². The highest BCUT2D eigenvalue weighted by Crippen LogP contribution is 2.22. The summed E-state index contributed by atoms with van der Waals surface area (Å²) in [6.07, 6.45) is 2.34. The van der Waals surface area contributed by atoms with E-state index in [1.807, 2.05) is 30.5 Å². The minimum atomic E-state index is -3.94. The second kappa shape index (κ2) is 6.31. The first-order valence-electron chi connectivity index (χ1n) is 6.98. The molecule has 0 radical (unpaired) electrons. The smallest absolute Gasteiger partial charge is 0.243 e. The summed E-state index contributed by atoms with van der Waals surface area (Å²) < 4.78 is 40.6. The van der Waals surface area contributed by atoms with E-state index in [1.165, 1.54) is 18.2 Å². The molecule has 0 aliphatic heterocycles. The van der Waals surface area contributed by atoms with E-state index < -0.39 is 20.7 Å². The van der Waals surface area contributed by atoms with Crippen LogP contribution in [0.5, 0.6) is 0 Å². The number of H-pyrrole nitrogens is 1. The molecule has 0 amide bonds. The lowest BCUT2D eigenvalue weighted by atomic mass is 10.1. The molecule has 1 heterocycles. The zero-order valence-corrected chi connectivity index (χ0v) is 13.6. The minimum absolute atomic E-state index is 0.163. The van der Waals surface area contributed by atoms with Crippen LogP contribution in [-0.2, 0) is 16.4 Å². The van der Waals surface area contributed by atoms with Crippen LogP contribution in [-0.4, -0.2) is 19.9 Å². The quantitative estimate of drug-likeness (QED) is 0.738. The largest absolute Gasteiger partial charge is 0.361 e. The predicted octanol–water partition coefficient (Wildman–Crippen LogP) is 3.48. The molecule has 0 unspecified atom stereocenters. The zero-order valence-electron chi connectivity index (χ0n) is 12.0. The Balaban J connectivity index is 1.74. The van der Waals surface area contributed by atoms with Gasteiger partial charge in [-0.05, 0) is 30.2 Å². The maximum absolute atomic E-state index is 13.9. The lowest BCUT2D eigenvalue weighted by molar-refractivity contribution is 0.557. The van der Waals surface area contributed by atoms with Crippen LogP contribution in [0.2, 0.25) is 5.02 Å². The molecule has 0 spiro atoms. The average Bonchev–Trinajstić information content (AvgIpc) is 2.93. The summed E-state index contributed by atoms with van der Waals surface area (Å²) in [4.78, 5) is 2.69. The molecule has 3 rings (SSSR count). The Kier molecular flexibility index (Phi) is 4.39. The van der Waals surface area contributed by atoms with Crippen molar-refractivity contribution in [1.29, 1.82) is 0 Å². The van der Waals surface area contributed by atoms with E-state index in [0.29, 0.717) is 6.42 Å². The molecule has 7 heteroatoms. The van der Waals surface area contributed by atoms with Crippen LogP contribution in [0.1, 0.15) is 5.56 Å². The number of nitrogens with one attached hydrogen (secondary N) is 2. The fraction of sp³-hybridized carbons (Fsp3) is 0.125. The Morgan fingerprint density at radius 1 is 1.13 bits per heavy atom. The fourth-order valence-corrected chi connectivity index (χ4v) is 3.79. The maximum atomic E-state index is 13.9. The summed E-state index contributed by atoms with van der Waals surface area (Å²) in [7, 11) is -3.94. The zero-order chi connectivity index (χ0) is 16.4. The molecular weight excluding hydrogens is 339 g/mol. The number of fused-ring (bicyclic) bond motifs is 1. The molecule has 0 atom stereocenters. The van der Waals surface area contributed by atoms with Gasteiger partial charge >= 0.3 is 0 Å². The lowest BCUT2D eigenvalue weighted by Crippen LogP contribution is -2.26. The molecule has 0 saturated carbocycles. The van der Waals surface area contributed by atoms with Crippen LogP contribution in [0.3, 0.4) is 0 Å². The van der Waals surface area contributed by atoms with Crippen molar-refractivity contribution in [2.24, 2.45) is 0 Å². The highest BCUT2D eigenvalue weighted by Gasteiger charge is 2.20. The number of sulfonamides is 1. The Hall–Kier alpha value is -1.89. The number of para-hydroxylation sites is 1. The number of rotatable bonds is 5. The predicted molar refractivity (Wildman–Crippen MR) is 88.6 cm³/mol. The summed E-state index contributed by atoms with van der Waals surface area (Å²) in [5, 5.41) is 0.824. The Morgan fingerprint density at radius 3 is 2.74 bits per heavy atom. The first-order chi connectivity index (χ1) is 11.0. The van der Waals surface area contributed by atoms with Crippen LogP contribution in [0.25, 0.3) is 10.9 Å². The van der Waals surface area contributed by atoms with Crippen molar-refractivity contribution in [2.45, 2.75) is 11.3 Å². The van der Waals surface area contributed by atoms with E-state index in [4.69, 9.17) is 11.6 Å². The number of benzene rings is 2. The van der Waals surface area contributed by atoms with Crippen LogP contribution < -0.4 is 4.72 Å². The molecule has 2 aromatic carbocycles. The first kappa shape index (κ1) is 16.0. The second-order valence-electron chi connectivity index (χ2n) is 5.06. The summed E-state index contributed by atoms with van der Waals surface area (Å²) in [6.45, 7) is 0.163. The van der Waals surface area contributed by atoms with Crippen molar-refractivity contribution in [2.75, 3.05) is 6.54 Å². The number of halogens is 2. The fourth-order valence-electron chi connectivity index (χ4n) is 2.43. The molecule has 0 saturated heterocycles. The van der Waals surface area contributed by atoms with Gasteiger partial charge < -0.3 is 4.98 Å². The van der Waals surface area contributed by atoms with Gasteiger partial charge in [-0.1, -0.05) is 35.9 Å². The van der Waals surface area contributed by atoms with Gasteiger partial charge in [0.1, 0.15) is 4.90 Å². The van der Waals surface area contributed by atoms with Gasteiger partial charge in [-0.15, -0.1) is 0 Å². The number of aromatic amines is 1. The molecule has 1 aromatic heterocycles. The lowest BCUT2D eigenvalue weighted by Gasteiger charge is -2.08. The molecule has 0 aliphatic rings. The van der Waals surface area contributed by atoms with E-state index in [1.54, 1.807) is 0 Å². The van der Waals surface area contributed by atoms with E-state index >= 15 is 0 Å². The Morgan fingerprint density at radius 2 is 1.91 bits per heavy atom. The third kappa shape index (κ3) is 3.24. The number of aromatic nitrogens is 1. The summed E-state index contributed by atoms with van der Waals surface area (Å²) in [6, 6.07) is 11.7. The van der Waals surface area contributed by atoms with Crippen molar-refractivity contribution in [3.8, 4) is 0 Å². The minimum Gasteiger partial charge on any atom is -0.361 e. The van der Waals surface area contributed by atoms with Crippen molar-refractivity contribution in [3.05, 3.63) is 65.1 Å².